The Kier molecular flexibility index (Phi) is 10.5. The number of methoxy groups -OCH3 is 1. The molecule has 1 aliphatic rings. The number of amides is 3. The number of hydrogen-bond donors (Lipinski definition) is 3. The molecule has 0 fully saturated rings. The minimum absolute atomic E-state index is 0.00763. The standard InChI is InChI=1S/C37H51N9O4/c1-11-45(9)36(5,6)22-38-32(47)31-40-28(35(2,3)4)20-29(41-31)42-34(48)39-26-17-18-27(25-15-13-12-14-24(25)26)50-23-16-19-30-43-44-33(46(30)21-23)37(7,8)49-10/h12-16,19-21,26-27H,11,17-18,22H2,1-10H3,(H,38,47)(H2,39,40,41,42,48)/t26-,27+/m0/s1. The van der Waals surface area contributed by atoms with Gasteiger partial charge in [0.2, 0.25) is 5.82 Å². The third-order valence-electron chi connectivity index (χ3n) is 9.57. The third kappa shape index (κ3) is 8.05. The van der Waals surface area contributed by atoms with Gasteiger partial charge in [0.05, 0.1) is 17.9 Å². The quantitative estimate of drug-likeness (QED) is 0.175. The first-order chi connectivity index (χ1) is 23.5. The number of pyridine rings is 1. The van der Waals surface area contributed by atoms with Gasteiger partial charge in [0.25, 0.3) is 5.91 Å². The van der Waals surface area contributed by atoms with Crippen molar-refractivity contribution >= 4 is 23.4 Å². The van der Waals surface area contributed by atoms with Crippen molar-refractivity contribution in [1.29, 1.82) is 0 Å². The lowest BCUT2D eigenvalue weighted by molar-refractivity contribution is 0.0106. The van der Waals surface area contributed by atoms with E-state index in [9.17, 15) is 9.59 Å². The van der Waals surface area contributed by atoms with Crippen molar-refractivity contribution in [1.82, 2.24) is 40.1 Å². The van der Waals surface area contributed by atoms with Gasteiger partial charge in [-0.15, -0.1) is 10.2 Å². The first kappa shape index (κ1) is 36.7. The number of nitrogens with one attached hydrogen (secondary N) is 3. The van der Waals surface area contributed by atoms with Gasteiger partial charge in [0.15, 0.2) is 11.5 Å². The average molecular weight is 686 g/mol. The summed E-state index contributed by atoms with van der Waals surface area (Å²) in [7, 11) is 3.66. The highest BCUT2D eigenvalue weighted by Gasteiger charge is 2.31. The van der Waals surface area contributed by atoms with Crippen molar-refractivity contribution in [3.8, 4) is 5.75 Å². The Morgan fingerprint density at radius 3 is 2.38 bits per heavy atom. The summed E-state index contributed by atoms with van der Waals surface area (Å²) in [5.74, 6) is 1.21. The van der Waals surface area contributed by atoms with Crippen LogP contribution in [0.4, 0.5) is 10.6 Å². The molecule has 3 aromatic heterocycles. The lowest BCUT2D eigenvalue weighted by Crippen LogP contribution is -2.50. The van der Waals surface area contributed by atoms with Crippen molar-refractivity contribution in [2.24, 2.45) is 0 Å². The van der Waals surface area contributed by atoms with Gasteiger partial charge in [-0.2, -0.15) is 0 Å². The number of carbonyl (C=O) groups is 2. The topological polar surface area (TPSA) is 148 Å². The minimum atomic E-state index is -0.633. The second kappa shape index (κ2) is 14.3. The zero-order valence-corrected chi connectivity index (χ0v) is 30.9. The van der Waals surface area contributed by atoms with Gasteiger partial charge in [0, 0.05) is 30.7 Å². The third-order valence-corrected chi connectivity index (χ3v) is 9.57. The molecule has 268 valence electrons. The van der Waals surface area contributed by atoms with Crippen LogP contribution in [0.5, 0.6) is 5.75 Å². The number of anilines is 1. The van der Waals surface area contributed by atoms with Gasteiger partial charge >= 0.3 is 6.03 Å². The Balaban J connectivity index is 1.31. The molecule has 5 rings (SSSR count). The van der Waals surface area contributed by atoms with Gasteiger partial charge in [-0.05, 0) is 77.4 Å². The molecule has 0 unspecified atom stereocenters. The monoisotopic (exact) mass is 685 g/mol. The summed E-state index contributed by atoms with van der Waals surface area (Å²) in [6, 6.07) is 12.8. The second-order valence-electron chi connectivity index (χ2n) is 15.0. The summed E-state index contributed by atoms with van der Waals surface area (Å²) < 4.78 is 14.1. The fourth-order valence-electron chi connectivity index (χ4n) is 5.88. The van der Waals surface area contributed by atoms with Crippen LogP contribution < -0.4 is 20.7 Å². The van der Waals surface area contributed by atoms with E-state index in [0.29, 0.717) is 42.3 Å². The zero-order valence-electron chi connectivity index (χ0n) is 30.9. The van der Waals surface area contributed by atoms with Crippen LogP contribution in [0.2, 0.25) is 0 Å². The molecule has 0 saturated heterocycles. The van der Waals surface area contributed by atoms with Crippen LogP contribution in [0.15, 0.2) is 48.7 Å². The molecule has 0 radical (unpaired) electrons. The number of nitrogens with zero attached hydrogens (tertiary/aromatic N) is 6. The van der Waals surface area contributed by atoms with E-state index in [2.05, 4.69) is 61.8 Å². The fourth-order valence-corrected chi connectivity index (χ4v) is 5.88. The summed E-state index contributed by atoms with van der Waals surface area (Å²) in [4.78, 5) is 37.9. The number of fused-ring (bicyclic) bond motifs is 2. The maximum absolute atomic E-state index is 13.5. The van der Waals surface area contributed by atoms with Crippen LogP contribution >= 0.6 is 0 Å². The van der Waals surface area contributed by atoms with Gasteiger partial charge in [0.1, 0.15) is 23.3 Å². The molecule has 3 amide bonds. The maximum Gasteiger partial charge on any atom is 0.320 e. The maximum atomic E-state index is 13.5. The highest BCUT2D eigenvalue weighted by atomic mass is 16.5. The van der Waals surface area contributed by atoms with E-state index in [4.69, 9.17) is 9.47 Å². The van der Waals surface area contributed by atoms with E-state index in [1.54, 1.807) is 13.2 Å². The zero-order chi connectivity index (χ0) is 36.4. The number of urea groups is 1. The molecule has 0 spiro atoms. The van der Waals surface area contributed by atoms with Gasteiger partial charge in [-0.3, -0.25) is 19.4 Å². The lowest BCUT2D eigenvalue weighted by Gasteiger charge is -2.34. The molecule has 3 heterocycles. The Morgan fingerprint density at radius 1 is 0.980 bits per heavy atom. The van der Waals surface area contributed by atoms with Crippen molar-refractivity contribution in [2.75, 3.05) is 32.6 Å². The summed E-state index contributed by atoms with van der Waals surface area (Å²) >= 11 is 0. The van der Waals surface area contributed by atoms with Crippen LogP contribution in [0, 0.1) is 0 Å². The van der Waals surface area contributed by atoms with Crippen LogP contribution in [0.25, 0.3) is 5.65 Å². The Morgan fingerprint density at radius 2 is 1.70 bits per heavy atom. The van der Waals surface area contributed by atoms with Gasteiger partial charge in [-0.25, -0.2) is 14.8 Å². The summed E-state index contributed by atoms with van der Waals surface area (Å²) in [6.45, 7) is 17.3. The lowest BCUT2D eigenvalue weighted by atomic mass is 9.85. The summed E-state index contributed by atoms with van der Waals surface area (Å²) in [5.41, 5.74) is 2.04. The predicted molar refractivity (Wildman–Crippen MR) is 192 cm³/mol. The van der Waals surface area contributed by atoms with Crippen LogP contribution in [0.1, 0.15) is 114 Å². The van der Waals surface area contributed by atoms with Crippen molar-refractivity contribution in [3.63, 3.8) is 0 Å². The number of ether oxygens (including phenoxy) is 2. The SMILES string of the molecule is CCN(C)C(C)(C)CNC(=O)c1nc(NC(=O)N[C@H]2CC[C@@H](Oc3ccc4nnc(C(C)(C)OC)n4c3)c3ccccc32)cc(C(C)(C)C)n1. The Bertz CT molecular complexity index is 1850. The van der Waals surface area contributed by atoms with E-state index >= 15 is 0 Å². The molecule has 4 aromatic rings. The van der Waals surface area contributed by atoms with Crippen molar-refractivity contribution in [3.05, 3.63) is 77.1 Å². The van der Waals surface area contributed by atoms with E-state index in [1.807, 2.05) is 88.7 Å². The van der Waals surface area contributed by atoms with Gasteiger partial charge < -0.3 is 20.1 Å². The Labute approximate surface area is 294 Å². The molecule has 3 N–H and O–H groups in total. The highest BCUT2D eigenvalue weighted by molar-refractivity contribution is 5.92. The van der Waals surface area contributed by atoms with Crippen molar-refractivity contribution < 1.29 is 19.1 Å². The number of carbonyl (C=O) groups excluding carboxylic acids is 2. The van der Waals surface area contributed by atoms with Crippen LogP contribution in [0.3, 0.4) is 0 Å². The molecular weight excluding hydrogens is 634 g/mol. The predicted octanol–water partition coefficient (Wildman–Crippen LogP) is 5.94. The number of likely N-dealkylation sites (N-methyl/N-ethyl adjacent to an activating group) is 1. The van der Waals surface area contributed by atoms with Crippen LogP contribution in [-0.4, -0.2) is 74.2 Å². The molecule has 13 nitrogen and oxygen atoms in total. The molecule has 0 bridgehead atoms. The summed E-state index contributed by atoms with van der Waals surface area (Å²) in [6.07, 6.45) is 2.99. The van der Waals surface area contributed by atoms with E-state index in [-0.39, 0.29) is 34.7 Å². The molecule has 0 aliphatic heterocycles. The molecule has 0 saturated carbocycles. The van der Waals surface area contributed by atoms with E-state index in [1.165, 1.54) is 0 Å². The smallest absolute Gasteiger partial charge is 0.320 e. The largest absolute Gasteiger partial charge is 0.484 e. The average Bonchev–Trinajstić information content (AvgIpc) is 3.51. The fraction of sp³-hybridized carbons (Fsp3) is 0.514. The molecule has 13 heteroatoms. The molecule has 2 atom stereocenters. The normalized spacial score (nSPS) is 16.6. The first-order valence-corrected chi connectivity index (χ1v) is 17.1. The van der Waals surface area contributed by atoms with E-state index in [0.717, 1.165) is 17.7 Å². The second-order valence-corrected chi connectivity index (χ2v) is 15.0. The van der Waals surface area contributed by atoms with Crippen molar-refractivity contribution in [2.45, 2.75) is 96.9 Å². The van der Waals surface area contributed by atoms with Crippen LogP contribution in [-0.2, 0) is 15.8 Å². The molecule has 1 aliphatic carbocycles. The molecule has 1 aromatic carbocycles. The molecular formula is C37H51N9O4. The minimum Gasteiger partial charge on any atom is -0.484 e. The number of hydrogen-bond acceptors (Lipinski definition) is 9. The summed E-state index contributed by atoms with van der Waals surface area (Å²) in [5, 5.41) is 17.6. The van der Waals surface area contributed by atoms with Gasteiger partial charge in [-0.1, -0.05) is 52.0 Å². The molecule has 50 heavy (non-hydrogen) atoms. The number of benzene rings is 1. The highest BCUT2D eigenvalue weighted by Crippen LogP contribution is 2.39. The number of aromatic nitrogens is 5. The first-order valence-electron chi connectivity index (χ1n) is 17.1. The Hall–Kier alpha value is -4.62. The number of rotatable bonds is 11. The van der Waals surface area contributed by atoms with E-state index < -0.39 is 17.5 Å².